The van der Waals surface area contributed by atoms with Gasteiger partial charge in [-0.05, 0) is 24.3 Å². The second-order valence-electron chi connectivity index (χ2n) is 3.54. The lowest BCUT2D eigenvalue weighted by Crippen LogP contribution is -2.01. The minimum absolute atomic E-state index is 0. The Hall–Kier alpha value is -0.440. The molecule has 0 saturated carbocycles. The molecule has 0 amide bonds. The van der Waals surface area contributed by atoms with Gasteiger partial charge in [-0.15, -0.1) is 17.0 Å². The van der Waals surface area contributed by atoms with Crippen molar-refractivity contribution in [1.29, 1.82) is 0 Å². The smallest absolute Gasteiger partial charge is 0.191 e. The first-order valence-electron chi connectivity index (χ1n) is 5.71. The van der Waals surface area contributed by atoms with Crippen LogP contribution in [-0.2, 0) is 0 Å². The molecule has 8 heteroatoms. The molecule has 0 atom stereocenters. The number of hydrogen-bond acceptors (Lipinski definition) is 4. The van der Waals surface area contributed by atoms with Gasteiger partial charge in [-0.2, -0.15) is 0 Å². The van der Waals surface area contributed by atoms with Gasteiger partial charge in [-0.25, -0.2) is 0 Å². The van der Waals surface area contributed by atoms with Crippen LogP contribution in [0.15, 0.2) is 48.8 Å². The maximum Gasteiger partial charge on any atom is 0.191 e. The summed E-state index contributed by atoms with van der Waals surface area (Å²) >= 11 is 8.56. The zero-order valence-electron chi connectivity index (χ0n) is 11.6. The summed E-state index contributed by atoms with van der Waals surface area (Å²) in [6.45, 7) is 1.50. The lowest BCUT2D eigenvalue weighted by Gasteiger charge is -1.91. The van der Waals surface area contributed by atoms with Gasteiger partial charge in [0.25, 0.3) is 0 Å². The molecular formula is C14H14Br4N2O2. The third-order valence-corrected chi connectivity index (χ3v) is 2.61. The van der Waals surface area contributed by atoms with Crippen LogP contribution < -0.4 is 0 Å². The van der Waals surface area contributed by atoms with Gasteiger partial charge in [-0.3, -0.25) is 19.6 Å². The molecule has 0 aliphatic carbocycles. The Bertz CT molecular complexity index is 539. The molecular weight excluding hydrogens is 548 g/mol. The number of pyridine rings is 2. The number of alkyl halides is 1. The standard InChI is InChI=1S/C7H6BrNO.C7H7NO.Br2.BrH/c8-5-7(10)6-3-1-2-4-9-6;1-6(9)7-4-2-3-5-8-7;1-2;/h1-4H,5H2;2-5H,1H3;;1H. The third-order valence-electron chi connectivity index (χ3n) is 2.10. The van der Waals surface area contributed by atoms with E-state index in [9.17, 15) is 9.59 Å². The van der Waals surface area contributed by atoms with E-state index in [4.69, 9.17) is 0 Å². The molecule has 0 fully saturated rings. The lowest BCUT2D eigenvalue weighted by molar-refractivity contribution is 0.100. The van der Waals surface area contributed by atoms with E-state index in [1.807, 2.05) is 0 Å². The van der Waals surface area contributed by atoms with Gasteiger partial charge in [0.1, 0.15) is 11.4 Å². The number of nitrogens with zero attached hydrogens (tertiary/aromatic N) is 2. The molecule has 0 spiro atoms. The fourth-order valence-corrected chi connectivity index (χ4v) is 1.45. The van der Waals surface area contributed by atoms with Gasteiger partial charge in [-0.1, -0.05) is 28.1 Å². The van der Waals surface area contributed by atoms with Crippen molar-refractivity contribution in [2.24, 2.45) is 0 Å². The maximum atomic E-state index is 10.9. The number of Topliss-reactive ketones (excluding diaryl/α,β-unsaturated/α-hetero) is 2. The van der Waals surface area contributed by atoms with Gasteiger partial charge >= 0.3 is 0 Å². The quantitative estimate of drug-likeness (QED) is 0.381. The van der Waals surface area contributed by atoms with E-state index in [-0.39, 0.29) is 28.5 Å². The van der Waals surface area contributed by atoms with E-state index >= 15 is 0 Å². The first kappa shape index (κ1) is 23.8. The molecule has 120 valence electrons. The number of hydrogen-bond donors (Lipinski definition) is 0. The van der Waals surface area contributed by atoms with Crippen LogP contribution in [0.4, 0.5) is 0 Å². The number of halogens is 4. The Kier molecular flexibility index (Phi) is 16.7. The normalized spacial score (nSPS) is 8.18. The molecule has 0 saturated heterocycles. The van der Waals surface area contributed by atoms with Crippen molar-refractivity contribution in [2.75, 3.05) is 5.33 Å². The molecule has 4 nitrogen and oxygen atoms in total. The van der Waals surface area contributed by atoms with Gasteiger partial charge < -0.3 is 0 Å². The van der Waals surface area contributed by atoms with Crippen LogP contribution >= 0.6 is 61.2 Å². The summed E-state index contributed by atoms with van der Waals surface area (Å²) < 4.78 is 0. The molecule has 0 aliphatic heterocycles. The van der Waals surface area contributed by atoms with Gasteiger partial charge in [0.15, 0.2) is 11.6 Å². The van der Waals surface area contributed by atoms with Crippen molar-refractivity contribution >= 4 is 72.7 Å². The van der Waals surface area contributed by atoms with Crippen molar-refractivity contribution in [3.8, 4) is 0 Å². The van der Waals surface area contributed by atoms with Crippen molar-refractivity contribution in [3.63, 3.8) is 0 Å². The number of aromatic nitrogens is 2. The molecule has 22 heavy (non-hydrogen) atoms. The van der Waals surface area contributed by atoms with Gasteiger partial charge in [0, 0.05) is 47.6 Å². The topological polar surface area (TPSA) is 59.9 Å². The monoisotopic (exact) mass is 558 g/mol. The Morgan fingerprint density at radius 1 is 0.955 bits per heavy atom. The molecule has 2 aromatic heterocycles. The van der Waals surface area contributed by atoms with Crippen molar-refractivity contribution in [1.82, 2.24) is 9.97 Å². The molecule has 0 N–H and O–H groups in total. The summed E-state index contributed by atoms with van der Waals surface area (Å²) in [5.74, 6) is 0.0243. The van der Waals surface area contributed by atoms with Crippen molar-refractivity contribution < 1.29 is 9.59 Å². The molecule has 2 rings (SSSR count). The van der Waals surface area contributed by atoms with E-state index in [2.05, 4.69) is 54.2 Å². The highest BCUT2D eigenvalue weighted by molar-refractivity contribution is 9.93. The summed E-state index contributed by atoms with van der Waals surface area (Å²) in [5, 5.41) is 0.337. The Balaban J connectivity index is 0. The van der Waals surface area contributed by atoms with Crippen LogP contribution in [0, 0.1) is 0 Å². The molecule has 2 heterocycles. The summed E-state index contributed by atoms with van der Waals surface area (Å²) in [6.07, 6.45) is 3.21. The first-order chi connectivity index (χ1) is 10.1. The van der Waals surface area contributed by atoms with Crippen molar-refractivity contribution in [3.05, 3.63) is 60.2 Å². The summed E-state index contributed by atoms with van der Waals surface area (Å²) in [4.78, 5) is 29.2. The average Bonchev–Trinajstić information content (AvgIpc) is 2.58. The number of ketones is 2. The first-order valence-corrected chi connectivity index (χ1v) is 10.5. The zero-order valence-corrected chi connectivity index (χ0v) is 18.1. The predicted octanol–water partition coefficient (Wildman–Crippen LogP) is 5.21. The van der Waals surface area contributed by atoms with Gasteiger partial charge in [0.05, 0.1) is 5.33 Å². The summed E-state index contributed by atoms with van der Waals surface area (Å²) in [7, 11) is 0. The average molecular weight is 562 g/mol. The van der Waals surface area contributed by atoms with E-state index in [1.165, 1.54) is 6.92 Å². The van der Waals surface area contributed by atoms with E-state index in [1.54, 1.807) is 48.8 Å². The van der Waals surface area contributed by atoms with Crippen LogP contribution in [0.25, 0.3) is 0 Å². The minimum atomic E-state index is 0. The Morgan fingerprint density at radius 3 is 1.68 bits per heavy atom. The second kappa shape index (κ2) is 15.5. The fourth-order valence-electron chi connectivity index (χ4n) is 1.17. The van der Waals surface area contributed by atoms with E-state index in [0.29, 0.717) is 16.7 Å². The minimum Gasteiger partial charge on any atom is -0.293 e. The highest BCUT2D eigenvalue weighted by Crippen LogP contribution is 1.97. The highest BCUT2D eigenvalue weighted by atomic mass is 80.9. The molecule has 0 aromatic carbocycles. The largest absolute Gasteiger partial charge is 0.293 e. The van der Waals surface area contributed by atoms with Crippen LogP contribution in [0.5, 0.6) is 0 Å². The molecule has 0 radical (unpaired) electrons. The van der Waals surface area contributed by atoms with Crippen molar-refractivity contribution in [2.45, 2.75) is 6.92 Å². The molecule has 0 unspecified atom stereocenters. The number of carbonyl (C=O) groups excluding carboxylic acids is 2. The predicted molar refractivity (Wildman–Crippen MR) is 105 cm³/mol. The highest BCUT2D eigenvalue weighted by Gasteiger charge is 2.01. The number of carbonyl (C=O) groups is 2. The van der Waals surface area contributed by atoms with Crippen LogP contribution in [0.2, 0.25) is 0 Å². The number of rotatable bonds is 3. The second-order valence-corrected chi connectivity index (χ2v) is 4.10. The van der Waals surface area contributed by atoms with Crippen LogP contribution in [-0.4, -0.2) is 26.9 Å². The SMILES string of the molecule is Br.BrBr.CC(=O)c1ccccn1.O=C(CBr)c1ccccn1. The lowest BCUT2D eigenvalue weighted by atomic mass is 10.3. The van der Waals surface area contributed by atoms with E-state index in [0.717, 1.165) is 0 Å². The molecule has 2 aromatic rings. The molecule has 0 aliphatic rings. The summed E-state index contributed by atoms with van der Waals surface area (Å²) in [5.41, 5.74) is 1.04. The molecule has 0 bridgehead atoms. The summed E-state index contributed by atoms with van der Waals surface area (Å²) in [6, 6.07) is 10.6. The Labute approximate surface area is 163 Å². The van der Waals surface area contributed by atoms with Crippen LogP contribution in [0.1, 0.15) is 27.9 Å². The zero-order chi connectivity index (χ0) is 16.1. The van der Waals surface area contributed by atoms with E-state index < -0.39 is 0 Å². The van der Waals surface area contributed by atoms with Crippen LogP contribution in [0.3, 0.4) is 0 Å². The maximum absolute atomic E-state index is 10.9. The fraction of sp³-hybridized carbons (Fsp3) is 0.143. The Morgan fingerprint density at radius 2 is 1.41 bits per heavy atom. The third kappa shape index (κ3) is 10.3. The van der Waals surface area contributed by atoms with Gasteiger partial charge in [0.2, 0.25) is 0 Å².